The monoisotopic (exact) mass is 374 g/mol. The van der Waals surface area contributed by atoms with E-state index >= 15 is 0 Å². The zero-order valence-electron chi connectivity index (χ0n) is 14.5. The predicted octanol–water partition coefficient (Wildman–Crippen LogP) is 1.63. The fourth-order valence-corrected chi connectivity index (χ4v) is 6.22. The summed E-state index contributed by atoms with van der Waals surface area (Å²) in [6.07, 6.45) is 3.63. The van der Waals surface area contributed by atoms with E-state index in [9.17, 15) is 13.2 Å². The molecule has 3 heterocycles. The number of carbonyl (C=O) groups excluding carboxylic acids is 1. The summed E-state index contributed by atoms with van der Waals surface area (Å²) in [6, 6.07) is 9.62. The van der Waals surface area contributed by atoms with Crippen LogP contribution in [0, 0.1) is 0 Å². The Hall–Kier alpha value is -1.99. The molecule has 0 radical (unpaired) electrons. The fourth-order valence-electron chi connectivity index (χ4n) is 3.98. The number of ether oxygens (including phenoxy) is 1. The summed E-state index contributed by atoms with van der Waals surface area (Å²) < 4.78 is 29.0. The van der Waals surface area contributed by atoms with Gasteiger partial charge in [-0.15, -0.1) is 0 Å². The Kier molecular flexibility index (Phi) is 4.44. The van der Waals surface area contributed by atoms with Gasteiger partial charge in [0.15, 0.2) is 9.84 Å². The Bertz CT molecular complexity index is 935. The zero-order chi connectivity index (χ0) is 18.2. The lowest BCUT2D eigenvalue weighted by molar-refractivity contribution is -0.122. The number of hydrogen-bond donors (Lipinski definition) is 1. The van der Waals surface area contributed by atoms with Crippen LogP contribution in [0.1, 0.15) is 24.8 Å². The third-order valence-electron chi connectivity index (χ3n) is 5.60. The minimum absolute atomic E-state index is 0.0380. The number of fused-ring (bicyclic) bond motifs is 1. The highest BCUT2D eigenvalue weighted by Crippen LogP contribution is 2.42. The van der Waals surface area contributed by atoms with Crippen LogP contribution in [0.25, 0.3) is 10.9 Å². The standard InChI is InChI=1S/C19H22N2O4S/c22-18(6-5-14-11-15-3-1-2-4-16(15)20-12-14)21-17-13-26(23,24)19(17)7-9-25-10-8-19/h1-4,11-12,17H,5-10,13H2,(H,21,22). The summed E-state index contributed by atoms with van der Waals surface area (Å²) in [4.78, 5) is 16.8. The van der Waals surface area contributed by atoms with E-state index in [0.717, 1.165) is 16.5 Å². The Morgan fingerprint density at radius 1 is 1.27 bits per heavy atom. The SMILES string of the molecule is O=C(CCc1cnc2ccccc2c1)NC1CS(=O)(=O)C12CCOCC2. The first kappa shape index (κ1) is 17.4. The van der Waals surface area contributed by atoms with Crippen molar-refractivity contribution in [1.29, 1.82) is 0 Å². The molecule has 2 saturated heterocycles. The number of nitrogens with one attached hydrogen (secondary N) is 1. The van der Waals surface area contributed by atoms with Crippen molar-refractivity contribution in [3.8, 4) is 0 Å². The minimum atomic E-state index is -3.14. The van der Waals surface area contributed by atoms with Gasteiger partial charge in [-0.1, -0.05) is 18.2 Å². The number of amides is 1. The summed E-state index contributed by atoms with van der Waals surface area (Å²) in [5.41, 5.74) is 1.93. The van der Waals surface area contributed by atoms with Crippen molar-refractivity contribution in [3.63, 3.8) is 0 Å². The fraction of sp³-hybridized carbons (Fsp3) is 0.474. The summed E-state index contributed by atoms with van der Waals surface area (Å²) in [6.45, 7) is 0.878. The Morgan fingerprint density at radius 3 is 2.81 bits per heavy atom. The maximum absolute atomic E-state index is 12.4. The van der Waals surface area contributed by atoms with Crippen molar-refractivity contribution in [2.24, 2.45) is 0 Å². The second-order valence-corrected chi connectivity index (χ2v) is 9.49. The normalized spacial score (nSPS) is 23.5. The molecule has 138 valence electrons. The molecule has 0 bridgehead atoms. The van der Waals surface area contributed by atoms with E-state index in [1.165, 1.54) is 0 Å². The minimum Gasteiger partial charge on any atom is -0.381 e. The van der Waals surface area contributed by atoms with E-state index in [2.05, 4.69) is 10.3 Å². The number of benzene rings is 1. The van der Waals surface area contributed by atoms with Gasteiger partial charge in [-0.3, -0.25) is 9.78 Å². The van der Waals surface area contributed by atoms with Gasteiger partial charge in [0.25, 0.3) is 0 Å². The molecule has 4 rings (SSSR count). The third kappa shape index (κ3) is 2.99. The van der Waals surface area contributed by atoms with Crippen molar-refractivity contribution in [2.45, 2.75) is 36.5 Å². The van der Waals surface area contributed by atoms with E-state index in [1.54, 1.807) is 6.20 Å². The number of nitrogens with zero attached hydrogens (tertiary/aromatic N) is 1. The highest BCUT2D eigenvalue weighted by molar-refractivity contribution is 7.94. The summed E-state index contributed by atoms with van der Waals surface area (Å²) in [7, 11) is -3.14. The van der Waals surface area contributed by atoms with Crippen LogP contribution in [0.2, 0.25) is 0 Å². The maximum Gasteiger partial charge on any atom is 0.220 e. The van der Waals surface area contributed by atoms with E-state index in [0.29, 0.717) is 38.9 Å². The van der Waals surface area contributed by atoms with Gasteiger partial charge in [-0.25, -0.2) is 8.42 Å². The molecule has 1 aromatic carbocycles. The van der Waals surface area contributed by atoms with Gasteiger partial charge in [0.05, 0.1) is 22.1 Å². The van der Waals surface area contributed by atoms with Gasteiger partial charge < -0.3 is 10.1 Å². The van der Waals surface area contributed by atoms with Crippen LogP contribution in [0.5, 0.6) is 0 Å². The first-order valence-electron chi connectivity index (χ1n) is 8.93. The molecule has 6 nitrogen and oxygen atoms in total. The van der Waals surface area contributed by atoms with Crippen LogP contribution in [0.15, 0.2) is 36.5 Å². The Morgan fingerprint density at radius 2 is 2.04 bits per heavy atom. The zero-order valence-corrected chi connectivity index (χ0v) is 15.3. The van der Waals surface area contributed by atoms with Gasteiger partial charge in [-0.2, -0.15) is 0 Å². The van der Waals surface area contributed by atoms with Gasteiger partial charge in [-0.05, 0) is 37.0 Å². The Labute approximate surface area is 152 Å². The van der Waals surface area contributed by atoms with Crippen molar-refractivity contribution in [3.05, 3.63) is 42.1 Å². The average Bonchev–Trinajstić information content (AvgIpc) is 2.66. The van der Waals surface area contributed by atoms with Crippen molar-refractivity contribution >= 4 is 26.6 Å². The topological polar surface area (TPSA) is 85.4 Å². The van der Waals surface area contributed by atoms with Crippen LogP contribution in [-0.2, 0) is 25.8 Å². The Balaban J connectivity index is 1.38. The summed E-state index contributed by atoms with van der Waals surface area (Å²) >= 11 is 0. The molecule has 2 aliphatic heterocycles. The van der Waals surface area contributed by atoms with E-state index in [4.69, 9.17) is 4.74 Å². The molecule has 2 aromatic rings. The molecule has 0 saturated carbocycles. The molecule has 1 unspecified atom stereocenters. The van der Waals surface area contributed by atoms with Crippen LogP contribution >= 0.6 is 0 Å². The molecule has 1 aromatic heterocycles. The van der Waals surface area contributed by atoms with Crippen molar-refractivity contribution in [1.82, 2.24) is 10.3 Å². The molecule has 1 spiro atoms. The first-order valence-corrected chi connectivity index (χ1v) is 10.6. The predicted molar refractivity (Wildman–Crippen MR) is 98.6 cm³/mol. The number of rotatable bonds is 4. The lowest BCUT2D eigenvalue weighted by Crippen LogP contribution is -2.71. The number of aromatic nitrogens is 1. The molecular formula is C19H22N2O4S. The van der Waals surface area contributed by atoms with Crippen molar-refractivity contribution < 1.29 is 17.9 Å². The van der Waals surface area contributed by atoms with E-state index in [1.807, 2.05) is 30.3 Å². The lowest BCUT2D eigenvalue weighted by atomic mass is 9.90. The van der Waals surface area contributed by atoms with E-state index < -0.39 is 14.6 Å². The van der Waals surface area contributed by atoms with Crippen LogP contribution in [0.3, 0.4) is 0 Å². The smallest absolute Gasteiger partial charge is 0.220 e. The highest BCUT2D eigenvalue weighted by atomic mass is 32.2. The van der Waals surface area contributed by atoms with Crippen LogP contribution in [0.4, 0.5) is 0 Å². The van der Waals surface area contributed by atoms with Gasteiger partial charge >= 0.3 is 0 Å². The van der Waals surface area contributed by atoms with Gasteiger partial charge in [0.1, 0.15) is 0 Å². The molecule has 26 heavy (non-hydrogen) atoms. The molecule has 7 heteroatoms. The average molecular weight is 374 g/mol. The lowest BCUT2D eigenvalue weighted by Gasteiger charge is -2.50. The molecule has 1 atom stereocenters. The molecule has 2 fully saturated rings. The first-order chi connectivity index (χ1) is 12.5. The number of pyridine rings is 1. The molecule has 1 N–H and O–H groups in total. The number of sulfone groups is 1. The van der Waals surface area contributed by atoms with Crippen LogP contribution in [-0.4, -0.2) is 49.1 Å². The molecule has 2 aliphatic rings. The highest BCUT2D eigenvalue weighted by Gasteiger charge is 2.60. The summed E-state index contributed by atoms with van der Waals surface area (Å²) in [5.74, 6) is -0.0695. The van der Waals surface area contributed by atoms with E-state index in [-0.39, 0.29) is 17.7 Å². The molecule has 1 amide bonds. The molecule has 0 aliphatic carbocycles. The largest absolute Gasteiger partial charge is 0.381 e. The van der Waals surface area contributed by atoms with Crippen LogP contribution < -0.4 is 5.32 Å². The second kappa shape index (κ2) is 6.63. The van der Waals surface area contributed by atoms with Gasteiger partial charge in [0.2, 0.25) is 5.91 Å². The summed E-state index contributed by atoms with van der Waals surface area (Å²) in [5, 5.41) is 4.00. The number of aryl methyl sites for hydroxylation is 1. The quantitative estimate of drug-likeness (QED) is 0.879. The van der Waals surface area contributed by atoms with Crippen molar-refractivity contribution in [2.75, 3.05) is 19.0 Å². The number of hydrogen-bond acceptors (Lipinski definition) is 5. The number of para-hydroxylation sites is 1. The third-order valence-corrected chi connectivity index (χ3v) is 8.31. The second-order valence-electron chi connectivity index (χ2n) is 7.11. The maximum atomic E-state index is 12.4. The number of carbonyl (C=O) groups is 1. The van der Waals surface area contributed by atoms with Gasteiger partial charge in [0, 0.05) is 31.2 Å². The molecular weight excluding hydrogens is 352 g/mol.